The van der Waals surface area contributed by atoms with Crippen molar-refractivity contribution >= 4 is 39.9 Å². The maximum absolute atomic E-state index is 13.9. The van der Waals surface area contributed by atoms with Gasteiger partial charge in [-0.15, -0.1) is 0 Å². The molecule has 0 saturated heterocycles. The van der Waals surface area contributed by atoms with Crippen LogP contribution in [0.5, 0.6) is 5.88 Å². The lowest BCUT2D eigenvalue weighted by atomic mass is 9.98. The highest BCUT2D eigenvalue weighted by Gasteiger charge is 2.19. The van der Waals surface area contributed by atoms with E-state index >= 15 is 0 Å². The van der Waals surface area contributed by atoms with Gasteiger partial charge in [-0.25, -0.2) is 9.38 Å². The molecule has 9 heteroatoms. The molecule has 1 heterocycles. The number of carbonyl (C=O) groups excluding carboxylic acids is 1. The third-order valence-electron chi connectivity index (χ3n) is 6.60. The smallest absolute Gasteiger partial charge is 0.303 e. The molecule has 0 bridgehead atoms. The maximum Gasteiger partial charge on any atom is 0.303 e. The van der Waals surface area contributed by atoms with Gasteiger partial charge in [0.05, 0.1) is 22.5 Å². The minimum atomic E-state index is -0.869. The first kappa shape index (κ1) is 28.5. The van der Waals surface area contributed by atoms with Gasteiger partial charge in [0, 0.05) is 36.5 Å². The molecule has 40 heavy (non-hydrogen) atoms. The van der Waals surface area contributed by atoms with E-state index in [0.717, 1.165) is 24.2 Å². The summed E-state index contributed by atoms with van der Waals surface area (Å²) in [5.74, 6) is -1.49. The van der Waals surface area contributed by atoms with Crippen molar-refractivity contribution in [1.82, 2.24) is 9.88 Å². The average molecular weight is 545 g/mol. The highest BCUT2D eigenvalue weighted by Crippen LogP contribution is 2.32. The van der Waals surface area contributed by atoms with E-state index < -0.39 is 11.8 Å². The van der Waals surface area contributed by atoms with Crippen LogP contribution in [-0.4, -0.2) is 64.9 Å². The predicted molar refractivity (Wildman–Crippen MR) is 155 cm³/mol. The molecule has 4 aromatic rings. The summed E-state index contributed by atoms with van der Waals surface area (Å²) >= 11 is 0. The van der Waals surface area contributed by atoms with Crippen LogP contribution >= 0.6 is 0 Å². The number of anilines is 1. The lowest BCUT2D eigenvalue weighted by Gasteiger charge is -2.22. The maximum atomic E-state index is 13.9. The fraction of sp³-hybridized carbons (Fsp3) is 0.258. The first-order chi connectivity index (χ1) is 19.1. The fourth-order valence-corrected chi connectivity index (χ4v) is 4.59. The summed E-state index contributed by atoms with van der Waals surface area (Å²) in [5, 5.41) is 20.5. The molecule has 208 valence electrons. The molecule has 0 aliphatic heterocycles. The minimum Gasteiger partial charge on any atom is -0.494 e. The van der Waals surface area contributed by atoms with E-state index in [1.807, 2.05) is 62.6 Å². The number of aromatic nitrogens is 1. The van der Waals surface area contributed by atoms with E-state index in [0.29, 0.717) is 46.4 Å². The van der Waals surface area contributed by atoms with Gasteiger partial charge in [-0.1, -0.05) is 24.3 Å². The van der Waals surface area contributed by atoms with Gasteiger partial charge >= 0.3 is 5.97 Å². The number of carboxylic acid groups (broad SMARTS) is 1. The molecule has 4 rings (SSSR count). The number of carbonyl (C=O) groups is 2. The number of aliphatic imine (C=N–C) groups is 1. The van der Waals surface area contributed by atoms with Crippen LogP contribution in [0.25, 0.3) is 10.9 Å². The Kier molecular flexibility index (Phi) is 8.96. The number of H-pyrrole nitrogens is 1. The Morgan fingerprint density at radius 1 is 0.975 bits per heavy atom. The Morgan fingerprint density at radius 3 is 2.30 bits per heavy atom. The second-order valence-corrected chi connectivity index (χ2v) is 9.93. The number of carboxylic acids is 1. The Hall–Kier alpha value is -4.50. The monoisotopic (exact) mass is 544 g/mol. The molecule has 0 aliphatic carbocycles. The van der Waals surface area contributed by atoms with E-state index in [1.165, 1.54) is 12.1 Å². The summed E-state index contributed by atoms with van der Waals surface area (Å²) in [5.41, 5.74) is 4.23. The van der Waals surface area contributed by atoms with Crippen molar-refractivity contribution in [3.05, 3.63) is 89.2 Å². The molecular weight excluding hydrogens is 511 g/mol. The molecule has 0 unspecified atom stereocenters. The van der Waals surface area contributed by atoms with E-state index in [2.05, 4.69) is 9.88 Å². The van der Waals surface area contributed by atoms with Gasteiger partial charge in [0.25, 0.3) is 0 Å². The molecule has 0 saturated carbocycles. The first-order valence-electron chi connectivity index (χ1n) is 13.1. The second-order valence-electron chi connectivity index (χ2n) is 9.93. The number of aromatic amines is 1. The molecule has 3 aromatic carbocycles. The van der Waals surface area contributed by atoms with Crippen LogP contribution in [-0.2, 0) is 16.0 Å². The number of halogens is 1. The van der Waals surface area contributed by atoms with E-state index in [1.54, 1.807) is 17.9 Å². The van der Waals surface area contributed by atoms with Gasteiger partial charge in [0.2, 0.25) is 5.91 Å². The predicted octanol–water partition coefficient (Wildman–Crippen LogP) is 5.50. The summed E-state index contributed by atoms with van der Waals surface area (Å²) in [6.07, 6.45) is 1.25. The van der Waals surface area contributed by atoms with Crippen LogP contribution < -0.4 is 4.90 Å². The zero-order valence-corrected chi connectivity index (χ0v) is 22.8. The summed E-state index contributed by atoms with van der Waals surface area (Å²) < 4.78 is 13.9. The van der Waals surface area contributed by atoms with Crippen LogP contribution in [0, 0.1) is 5.82 Å². The van der Waals surface area contributed by atoms with Gasteiger partial charge in [0.1, 0.15) is 5.82 Å². The van der Waals surface area contributed by atoms with Crippen LogP contribution in [0.3, 0.4) is 0 Å². The van der Waals surface area contributed by atoms with E-state index in [-0.39, 0.29) is 18.2 Å². The van der Waals surface area contributed by atoms with Crippen molar-refractivity contribution < 1.29 is 24.2 Å². The number of rotatable bonds is 11. The number of benzene rings is 3. The molecule has 1 amide bonds. The van der Waals surface area contributed by atoms with E-state index in [4.69, 9.17) is 10.1 Å². The largest absolute Gasteiger partial charge is 0.494 e. The van der Waals surface area contributed by atoms with Crippen molar-refractivity contribution in [1.29, 1.82) is 0 Å². The van der Waals surface area contributed by atoms with Gasteiger partial charge in [-0.05, 0) is 81.5 Å². The zero-order chi connectivity index (χ0) is 28.8. The van der Waals surface area contributed by atoms with Crippen molar-refractivity contribution in [3.8, 4) is 5.88 Å². The zero-order valence-electron chi connectivity index (χ0n) is 22.8. The topological polar surface area (TPSA) is 109 Å². The lowest BCUT2D eigenvalue weighted by molar-refractivity contribution is -0.137. The quantitative estimate of drug-likeness (QED) is 0.216. The third-order valence-corrected chi connectivity index (χ3v) is 6.60. The SMILES string of the molecule is CC(=O)N(CCCN(C)C)c1ccc(N=C(c2ccc(CCC(=O)O)cc2)c2c(O)[nH]c3cc(F)ccc23)cc1. The Bertz CT molecular complexity index is 1530. The van der Waals surface area contributed by atoms with Gasteiger partial charge < -0.3 is 25.0 Å². The van der Waals surface area contributed by atoms with E-state index in [9.17, 15) is 19.1 Å². The Morgan fingerprint density at radius 2 is 1.68 bits per heavy atom. The molecule has 3 N–H and O–H groups in total. The highest BCUT2D eigenvalue weighted by molar-refractivity contribution is 6.21. The van der Waals surface area contributed by atoms with Gasteiger partial charge in [-0.2, -0.15) is 0 Å². The van der Waals surface area contributed by atoms with Crippen molar-refractivity contribution in [2.45, 2.75) is 26.2 Å². The van der Waals surface area contributed by atoms with Gasteiger partial charge in [0.15, 0.2) is 5.88 Å². The van der Waals surface area contributed by atoms with Gasteiger partial charge in [-0.3, -0.25) is 9.59 Å². The summed E-state index contributed by atoms with van der Waals surface area (Å²) in [4.78, 5) is 34.8. The number of amides is 1. The number of aliphatic carboxylic acids is 1. The molecule has 8 nitrogen and oxygen atoms in total. The lowest BCUT2D eigenvalue weighted by Crippen LogP contribution is -2.31. The molecule has 0 radical (unpaired) electrons. The molecule has 0 aliphatic rings. The number of hydrogen-bond donors (Lipinski definition) is 3. The molecule has 0 atom stereocenters. The highest BCUT2D eigenvalue weighted by atomic mass is 19.1. The number of aryl methyl sites for hydroxylation is 1. The second kappa shape index (κ2) is 12.6. The first-order valence-corrected chi connectivity index (χ1v) is 13.1. The summed E-state index contributed by atoms with van der Waals surface area (Å²) in [6.45, 7) is 3.00. The van der Waals surface area contributed by atoms with Crippen molar-refractivity contribution in [3.63, 3.8) is 0 Å². The molecule has 1 aromatic heterocycles. The number of nitrogens with one attached hydrogen (secondary N) is 1. The van der Waals surface area contributed by atoms with Crippen LogP contribution in [0.2, 0.25) is 0 Å². The average Bonchev–Trinajstić information content (AvgIpc) is 3.23. The summed E-state index contributed by atoms with van der Waals surface area (Å²) in [6, 6.07) is 18.9. The normalized spacial score (nSPS) is 11.8. The number of hydrogen-bond acceptors (Lipinski definition) is 5. The minimum absolute atomic E-state index is 0.0217. The Balaban J connectivity index is 1.73. The number of fused-ring (bicyclic) bond motifs is 1. The molecular formula is C31H33FN4O4. The number of nitrogens with zero attached hydrogens (tertiary/aromatic N) is 3. The molecule has 0 spiro atoms. The van der Waals surface area contributed by atoms with Crippen molar-refractivity contribution in [2.75, 3.05) is 32.1 Å². The molecule has 0 fully saturated rings. The third kappa shape index (κ3) is 6.92. The fourth-order valence-electron chi connectivity index (χ4n) is 4.59. The van der Waals surface area contributed by atoms with Crippen LogP contribution in [0.1, 0.15) is 36.5 Å². The summed E-state index contributed by atoms with van der Waals surface area (Å²) in [7, 11) is 3.99. The van der Waals surface area contributed by atoms with Crippen LogP contribution in [0.15, 0.2) is 71.7 Å². The standard InChI is InChI=1S/C31H33FN4O4/c1-20(37)36(18-4-17-35(2)3)25-13-11-24(12-14-25)33-30(22-8-5-21(6-9-22)7-16-28(38)39)29-26-15-10-23(32)19-27(26)34-31(29)40/h5-6,8-15,19,34,40H,4,7,16-18H2,1-3H3,(H,38,39). The Labute approximate surface area is 232 Å². The number of aromatic hydroxyl groups is 1. The van der Waals surface area contributed by atoms with Crippen molar-refractivity contribution in [2.24, 2.45) is 4.99 Å². The van der Waals surface area contributed by atoms with Crippen LogP contribution in [0.4, 0.5) is 15.8 Å².